The zero-order chi connectivity index (χ0) is 15.4. The Kier molecular flexibility index (Phi) is 19.6. The minimum atomic E-state index is -1.17. The zero-order valence-electron chi connectivity index (χ0n) is 16.2. The van der Waals surface area contributed by atoms with Crippen molar-refractivity contribution in [2.75, 3.05) is 0 Å². The first-order valence-corrected chi connectivity index (χ1v) is 13.8. The summed E-state index contributed by atoms with van der Waals surface area (Å²) in [5.41, 5.74) is 0.342. The summed E-state index contributed by atoms with van der Waals surface area (Å²) in [7, 11) is -2.34. The third-order valence-electron chi connectivity index (χ3n) is 1.34. The molecule has 21 heavy (non-hydrogen) atoms. The van der Waals surface area contributed by atoms with Crippen molar-refractivity contribution in [1.29, 1.82) is 0 Å². The zero-order valence-corrected chi connectivity index (χ0v) is 21.2. The van der Waals surface area contributed by atoms with E-state index < -0.39 is 16.5 Å². The molecule has 0 aliphatic heterocycles. The number of rotatable bonds is 2. The summed E-state index contributed by atoms with van der Waals surface area (Å²) >= 11 is 0. The quantitative estimate of drug-likeness (QED) is 0.577. The molecule has 0 aromatic heterocycles. The van der Waals surface area contributed by atoms with Crippen molar-refractivity contribution < 1.29 is 46.5 Å². The number of halogens is 2. The molecule has 0 aromatic carbocycles. The molecule has 0 amide bonds. The first kappa shape index (κ1) is 34.1. The van der Waals surface area contributed by atoms with E-state index in [-0.39, 0.29) is 57.6 Å². The monoisotopic (exact) mass is 406 g/mol. The summed E-state index contributed by atoms with van der Waals surface area (Å²) in [5.74, 6) is 0. The maximum Gasteiger partial charge on any atom is 4.00 e. The molecule has 7 heteroatoms. The predicted molar refractivity (Wildman–Crippen MR) is 92.9 cm³/mol. The molecule has 2 nitrogen and oxygen atoms in total. The smallest absolute Gasteiger partial charge is 1.00 e. The van der Waals surface area contributed by atoms with Gasteiger partial charge in [-0.3, -0.25) is 0 Å². The van der Waals surface area contributed by atoms with Crippen molar-refractivity contribution in [2.45, 2.75) is 91.9 Å². The van der Waals surface area contributed by atoms with Gasteiger partial charge in [0, 0.05) is 0 Å². The normalized spacial score (nSPS) is 12.0. The molecule has 0 heterocycles. The molecule has 0 bridgehead atoms. The molecule has 0 aromatic rings. The van der Waals surface area contributed by atoms with Gasteiger partial charge in [-0.25, -0.2) is 0 Å². The Bertz CT molecular complexity index is 189. The van der Waals surface area contributed by atoms with Crippen LogP contribution in [0.5, 0.6) is 0 Å². The van der Waals surface area contributed by atoms with Gasteiger partial charge in [0.25, 0.3) is 0 Å². The standard InChI is InChI=1S/2C7H18NSi.2ClH.Ti/c2*1-7(2,3)8-9(4,5)6;;;/h2*1-6H3;2*1H;/q2*-1;;;+4/p-2. The molecule has 0 atom stereocenters. The van der Waals surface area contributed by atoms with Crippen molar-refractivity contribution in [3.63, 3.8) is 0 Å². The second kappa shape index (κ2) is 12.1. The van der Waals surface area contributed by atoms with Crippen LogP contribution >= 0.6 is 0 Å². The topological polar surface area (TPSA) is 28.2 Å². The predicted octanol–water partition coefficient (Wildman–Crippen LogP) is -0.00750. The Morgan fingerprint density at radius 1 is 0.524 bits per heavy atom. The summed E-state index contributed by atoms with van der Waals surface area (Å²) in [6.07, 6.45) is 0. The van der Waals surface area contributed by atoms with Crippen LogP contribution in [0.4, 0.5) is 0 Å². The van der Waals surface area contributed by atoms with Gasteiger partial charge in [0.05, 0.1) is 0 Å². The average molecular weight is 407 g/mol. The summed E-state index contributed by atoms with van der Waals surface area (Å²) < 4.78 is 0. The van der Waals surface area contributed by atoms with Crippen LogP contribution in [0.25, 0.3) is 9.96 Å². The third-order valence-corrected chi connectivity index (χ3v) is 4.02. The van der Waals surface area contributed by atoms with E-state index in [2.05, 4.69) is 90.8 Å². The molecule has 0 saturated heterocycles. The van der Waals surface area contributed by atoms with E-state index in [1.54, 1.807) is 0 Å². The molecule has 0 aliphatic carbocycles. The Balaban J connectivity index is -0.0000000711. The number of hydrogen-bond acceptors (Lipinski definition) is 0. The summed E-state index contributed by atoms with van der Waals surface area (Å²) in [6.45, 7) is 26.5. The number of nitrogens with zero attached hydrogens (tertiary/aromatic N) is 2. The van der Waals surface area contributed by atoms with Crippen LogP contribution in [0, 0.1) is 0 Å². The summed E-state index contributed by atoms with van der Waals surface area (Å²) in [4.78, 5) is 9.36. The van der Waals surface area contributed by atoms with Crippen LogP contribution in [-0.2, 0) is 21.7 Å². The minimum Gasteiger partial charge on any atom is -1.00 e. The number of hydrogen-bond donors (Lipinski definition) is 0. The molecule has 0 fully saturated rings. The summed E-state index contributed by atoms with van der Waals surface area (Å²) in [6, 6.07) is 0. The fourth-order valence-electron chi connectivity index (χ4n) is 2.01. The molecule has 0 aliphatic rings. The molecule has 0 N–H and O–H groups in total. The van der Waals surface area contributed by atoms with Gasteiger partial charge in [0.1, 0.15) is 0 Å². The van der Waals surface area contributed by atoms with Crippen LogP contribution in [0.2, 0.25) is 39.3 Å². The molecule has 128 valence electrons. The Hall–Kier alpha value is 1.65. The second-order valence-electron chi connectivity index (χ2n) is 8.91. The van der Waals surface area contributed by atoms with E-state index in [1.807, 2.05) is 0 Å². The minimum absolute atomic E-state index is 0. The van der Waals surface area contributed by atoms with Gasteiger partial charge in [-0.2, -0.15) is 0 Å². The van der Waals surface area contributed by atoms with Gasteiger partial charge in [-0.15, -0.1) is 11.1 Å². The van der Waals surface area contributed by atoms with E-state index >= 15 is 0 Å². The largest absolute Gasteiger partial charge is 4.00 e. The first-order valence-electron chi connectivity index (χ1n) is 6.89. The van der Waals surface area contributed by atoms with Crippen molar-refractivity contribution >= 4 is 16.5 Å². The van der Waals surface area contributed by atoms with Crippen LogP contribution in [0.3, 0.4) is 0 Å². The van der Waals surface area contributed by atoms with Crippen LogP contribution in [-0.4, -0.2) is 27.5 Å². The van der Waals surface area contributed by atoms with Crippen molar-refractivity contribution in [2.24, 2.45) is 0 Å². The maximum atomic E-state index is 4.68. The van der Waals surface area contributed by atoms with Crippen molar-refractivity contribution in [1.82, 2.24) is 0 Å². The van der Waals surface area contributed by atoms with Gasteiger partial charge in [0.2, 0.25) is 0 Å². The van der Waals surface area contributed by atoms with Crippen LogP contribution in [0.15, 0.2) is 0 Å². The molecule has 0 saturated carbocycles. The SMILES string of the molecule is CC(C)(C)[N-][Si](C)(C)C.CC(C)(C)[N-][Si](C)(C)C.[Cl-].[Cl-].[Ti+4]. The second-order valence-corrected chi connectivity index (χ2v) is 18.0. The van der Waals surface area contributed by atoms with Gasteiger partial charge >= 0.3 is 21.7 Å². The van der Waals surface area contributed by atoms with Gasteiger partial charge in [-0.1, -0.05) is 97.3 Å². The Morgan fingerprint density at radius 3 is 0.667 bits per heavy atom. The average Bonchev–Trinajstić information content (AvgIpc) is 1.64. The fourth-order valence-corrected chi connectivity index (χ4v) is 6.04. The van der Waals surface area contributed by atoms with Gasteiger partial charge in [0.15, 0.2) is 0 Å². The fraction of sp³-hybridized carbons (Fsp3) is 1.00. The van der Waals surface area contributed by atoms with Crippen molar-refractivity contribution in [3.05, 3.63) is 9.96 Å². The van der Waals surface area contributed by atoms with Gasteiger partial charge in [-0.05, 0) is 0 Å². The van der Waals surface area contributed by atoms with Gasteiger partial charge < -0.3 is 34.8 Å². The third kappa shape index (κ3) is 44.9. The molecular formula is C14H36Cl2N2Si2Ti. The summed E-state index contributed by atoms with van der Waals surface area (Å²) in [5, 5.41) is 0. The van der Waals surface area contributed by atoms with E-state index in [1.165, 1.54) is 0 Å². The van der Waals surface area contributed by atoms with E-state index in [4.69, 9.17) is 0 Å². The molecule has 0 radical (unpaired) electrons. The molecule has 0 rings (SSSR count). The molecule has 0 unspecified atom stereocenters. The van der Waals surface area contributed by atoms with Crippen LogP contribution in [0.1, 0.15) is 41.5 Å². The molecular weight excluding hydrogens is 371 g/mol. The van der Waals surface area contributed by atoms with E-state index in [0.29, 0.717) is 0 Å². The first-order chi connectivity index (χ1) is 7.41. The van der Waals surface area contributed by atoms with E-state index in [9.17, 15) is 0 Å². The Labute approximate surface area is 164 Å². The van der Waals surface area contributed by atoms with Crippen molar-refractivity contribution in [3.8, 4) is 0 Å². The molecule has 0 spiro atoms. The van der Waals surface area contributed by atoms with E-state index in [0.717, 1.165) is 0 Å². The Morgan fingerprint density at radius 2 is 0.667 bits per heavy atom. The maximum absolute atomic E-state index is 4.68. The van der Waals surface area contributed by atoms with Crippen LogP contribution < -0.4 is 24.8 Å².